The van der Waals surface area contributed by atoms with Gasteiger partial charge in [0.15, 0.2) is 5.13 Å². The molecule has 1 saturated heterocycles. The number of nitrogens with zero attached hydrogens (tertiary/aromatic N) is 4. The van der Waals surface area contributed by atoms with Gasteiger partial charge in [0.05, 0.1) is 16.4 Å². The Hall–Kier alpha value is -2.54. The normalized spacial score (nSPS) is 15.3. The van der Waals surface area contributed by atoms with Gasteiger partial charge in [-0.1, -0.05) is 30.4 Å². The molecule has 0 bridgehead atoms. The number of carbonyl (C=O) groups is 1. The van der Waals surface area contributed by atoms with Crippen LogP contribution in [-0.2, 0) is 6.42 Å². The van der Waals surface area contributed by atoms with Crippen molar-refractivity contribution >= 4 is 32.6 Å². The lowest BCUT2D eigenvalue weighted by Gasteiger charge is -2.32. The van der Waals surface area contributed by atoms with Gasteiger partial charge < -0.3 is 10.2 Å². The Labute approximate surface area is 156 Å². The van der Waals surface area contributed by atoms with E-state index in [1.165, 1.54) is 22.7 Å². The lowest BCUT2D eigenvalue weighted by Crippen LogP contribution is -2.44. The van der Waals surface area contributed by atoms with Gasteiger partial charge in [-0.05, 0) is 30.9 Å². The number of hydrogen-bond donors (Lipinski definition) is 1. The van der Waals surface area contributed by atoms with Crippen LogP contribution < -0.4 is 10.2 Å². The first-order chi connectivity index (χ1) is 12.7. The van der Waals surface area contributed by atoms with Crippen LogP contribution in [0.2, 0.25) is 0 Å². The Bertz CT molecular complexity index is 903. The van der Waals surface area contributed by atoms with Crippen molar-refractivity contribution in [3.05, 3.63) is 48.0 Å². The molecule has 0 saturated carbocycles. The van der Waals surface area contributed by atoms with Crippen molar-refractivity contribution in [2.24, 2.45) is 0 Å². The molecule has 2 aromatic heterocycles. The first kappa shape index (κ1) is 16.9. The molecular formula is C19H21N5OS. The van der Waals surface area contributed by atoms with Gasteiger partial charge in [0.2, 0.25) is 0 Å². The van der Waals surface area contributed by atoms with E-state index in [1.807, 2.05) is 0 Å². The monoisotopic (exact) mass is 367 g/mol. The number of aryl methyl sites for hydroxylation is 1. The summed E-state index contributed by atoms with van der Waals surface area (Å²) in [6.07, 6.45) is 7.41. The predicted octanol–water partition coefficient (Wildman–Crippen LogP) is 3.05. The summed E-state index contributed by atoms with van der Waals surface area (Å²) in [5, 5.41) is 4.15. The van der Waals surface area contributed by atoms with Gasteiger partial charge in [-0.25, -0.2) is 9.97 Å². The van der Waals surface area contributed by atoms with E-state index < -0.39 is 0 Å². The van der Waals surface area contributed by atoms with Crippen LogP contribution in [0.3, 0.4) is 0 Å². The number of anilines is 1. The van der Waals surface area contributed by atoms with Crippen molar-refractivity contribution in [2.45, 2.75) is 32.2 Å². The van der Waals surface area contributed by atoms with E-state index in [4.69, 9.17) is 4.98 Å². The molecule has 4 rings (SSSR count). The number of fused-ring (bicyclic) bond motifs is 1. The maximum Gasteiger partial charge on any atom is 0.271 e. The predicted molar refractivity (Wildman–Crippen MR) is 104 cm³/mol. The first-order valence-corrected chi connectivity index (χ1v) is 9.76. The van der Waals surface area contributed by atoms with Gasteiger partial charge in [0, 0.05) is 31.5 Å². The highest BCUT2D eigenvalue weighted by Crippen LogP contribution is 2.32. The number of rotatable bonds is 4. The fourth-order valence-corrected chi connectivity index (χ4v) is 4.37. The van der Waals surface area contributed by atoms with E-state index in [2.05, 4.69) is 45.3 Å². The van der Waals surface area contributed by atoms with Crippen LogP contribution >= 0.6 is 11.3 Å². The van der Waals surface area contributed by atoms with Crippen molar-refractivity contribution in [1.29, 1.82) is 0 Å². The Morgan fingerprint density at radius 1 is 1.31 bits per heavy atom. The lowest BCUT2D eigenvalue weighted by atomic mass is 10.1. The number of piperidine rings is 1. The molecular weight excluding hydrogens is 346 g/mol. The molecule has 0 aliphatic carbocycles. The molecule has 1 amide bonds. The van der Waals surface area contributed by atoms with Gasteiger partial charge >= 0.3 is 0 Å². The highest BCUT2D eigenvalue weighted by atomic mass is 32.1. The summed E-state index contributed by atoms with van der Waals surface area (Å²) in [4.78, 5) is 27.4. The molecule has 7 heteroatoms. The zero-order valence-corrected chi connectivity index (χ0v) is 15.5. The topological polar surface area (TPSA) is 71.0 Å². The lowest BCUT2D eigenvalue weighted by molar-refractivity contribution is 0.0925. The molecule has 0 radical (unpaired) electrons. The highest BCUT2D eigenvalue weighted by molar-refractivity contribution is 7.22. The fraction of sp³-hybridized carbons (Fsp3) is 0.368. The molecule has 6 nitrogen and oxygen atoms in total. The van der Waals surface area contributed by atoms with Gasteiger partial charge in [0.1, 0.15) is 5.69 Å². The van der Waals surface area contributed by atoms with Crippen molar-refractivity contribution in [2.75, 3.05) is 18.0 Å². The second kappa shape index (κ2) is 7.37. The third-order valence-corrected chi connectivity index (χ3v) is 5.85. The Balaban J connectivity index is 1.40. The number of nitrogens with one attached hydrogen (secondary N) is 1. The molecule has 3 aromatic rings. The standard InChI is InChI=1S/C19H21N5OS/c1-2-13-4-3-5-16-17(13)23-19(26-16)24-10-6-14(7-11-24)22-18(25)15-12-20-8-9-21-15/h3-5,8-9,12,14H,2,6-7,10-11H2,1H3,(H,22,25). The van der Waals surface area contributed by atoms with Crippen LogP contribution in [0.15, 0.2) is 36.8 Å². The quantitative estimate of drug-likeness (QED) is 0.767. The van der Waals surface area contributed by atoms with Crippen molar-refractivity contribution < 1.29 is 4.79 Å². The third kappa shape index (κ3) is 3.39. The van der Waals surface area contributed by atoms with Crippen molar-refractivity contribution in [3.8, 4) is 0 Å². The third-order valence-electron chi connectivity index (χ3n) is 4.77. The Morgan fingerprint density at radius 2 is 2.15 bits per heavy atom. The zero-order chi connectivity index (χ0) is 17.9. The highest BCUT2D eigenvalue weighted by Gasteiger charge is 2.23. The fourth-order valence-electron chi connectivity index (χ4n) is 3.31. The van der Waals surface area contributed by atoms with Crippen LogP contribution in [0.5, 0.6) is 0 Å². The van der Waals surface area contributed by atoms with E-state index in [9.17, 15) is 4.79 Å². The van der Waals surface area contributed by atoms with Gasteiger partial charge in [-0.2, -0.15) is 0 Å². The summed E-state index contributed by atoms with van der Waals surface area (Å²) in [7, 11) is 0. The average Bonchev–Trinajstić information content (AvgIpc) is 3.13. The van der Waals surface area contributed by atoms with E-state index >= 15 is 0 Å². The van der Waals surface area contributed by atoms with E-state index in [0.717, 1.165) is 43.0 Å². The van der Waals surface area contributed by atoms with Gasteiger partial charge in [-0.15, -0.1) is 0 Å². The summed E-state index contributed by atoms with van der Waals surface area (Å²) in [5.74, 6) is -0.149. The number of thiazole rings is 1. The van der Waals surface area contributed by atoms with E-state index in [0.29, 0.717) is 5.69 Å². The molecule has 1 aliphatic heterocycles. The van der Waals surface area contributed by atoms with Crippen LogP contribution in [0.4, 0.5) is 5.13 Å². The number of amides is 1. The van der Waals surface area contributed by atoms with Crippen molar-refractivity contribution in [3.63, 3.8) is 0 Å². The molecule has 0 unspecified atom stereocenters. The SMILES string of the molecule is CCc1cccc2sc(N3CCC(NC(=O)c4cnccn4)CC3)nc12. The average molecular weight is 367 g/mol. The maximum atomic E-state index is 12.2. The smallest absolute Gasteiger partial charge is 0.271 e. The number of para-hydroxylation sites is 1. The number of carbonyl (C=O) groups excluding carboxylic acids is 1. The second-order valence-corrected chi connectivity index (χ2v) is 7.45. The van der Waals surface area contributed by atoms with E-state index in [-0.39, 0.29) is 11.9 Å². The minimum Gasteiger partial charge on any atom is -0.348 e. The minimum absolute atomic E-state index is 0.149. The summed E-state index contributed by atoms with van der Waals surface area (Å²) >= 11 is 1.75. The molecule has 1 aliphatic rings. The van der Waals surface area contributed by atoms with Gasteiger partial charge in [0.25, 0.3) is 5.91 Å². The Kier molecular flexibility index (Phi) is 4.79. The van der Waals surface area contributed by atoms with Crippen LogP contribution in [-0.4, -0.2) is 40.0 Å². The summed E-state index contributed by atoms with van der Waals surface area (Å²) in [6.45, 7) is 3.96. The molecule has 134 valence electrons. The first-order valence-electron chi connectivity index (χ1n) is 8.95. The molecule has 1 aromatic carbocycles. The van der Waals surface area contributed by atoms with Crippen LogP contribution in [0.1, 0.15) is 35.8 Å². The minimum atomic E-state index is -0.149. The summed E-state index contributed by atoms with van der Waals surface area (Å²) in [6, 6.07) is 6.57. The molecule has 1 N–H and O–H groups in total. The van der Waals surface area contributed by atoms with E-state index in [1.54, 1.807) is 17.5 Å². The number of aromatic nitrogens is 3. The molecule has 3 heterocycles. The van der Waals surface area contributed by atoms with Gasteiger partial charge in [-0.3, -0.25) is 9.78 Å². The summed E-state index contributed by atoms with van der Waals surface area (Å²) in [5.41, 5.74) is 2.80. The Morgan fingerprint density at radius 3 is 2.88 bits per heavy atom. The molecule has 0 spiro atoms. The second-order valence-electron chi connectivity index (χ2n) is 6.44. The number of benzene rings is 1. The molecule has 26 heavy (non-hydrogen) atoms. The van der Waals surface area contributed by atoms with Crippen molar-refractivity contribution in [1.82, 2.24) is 20.3 Å². The maximum absolute atomic E-state index is 12.2. The number of hydrogen-bond acceptors (Lipinski definition) is 6. The van der Waals surface area contributed by atoms with Crippen LogP contribution in [0, 0.1) is 0 Å². The summed E-state index contributed by atoms with van der Waals surface area (Å²) < 4.78 is 1.25. The largest absolute Gasteiger partial charge is 0.348 e. The van der Waals surface area contributed by atoms with Crippen LogP contribution in [0.25, 0.3) is 10.2 Å². The zero-order valence-electron chi connectivity index (χ0n) is 14.7. The molecule has 1 fully saturated rings. The molecule has 0 atom stereocenters.